The van der Waals surface area contributed by atoms with Crippen LogP contribution in [0.1, 0.15) is 18.1 Å². The first-order chi connectivity index (χ1) is 13.2. The molecule has 5 nitrogen and oxygen atoms in total. The molecule has 0 aliphatic heterocycles. The van der Waals surface area contributed by atoms with E-state index < -0.39 is 5.82 Å². The number of anilines is 1. The predicted molar refractivity (Wildman–Crippen MR) is 100 cm³/mol. The van der Waals surface area contributed by atoms with E-state index in [-0.39, 0.29) is 5.56 Å². The van der Waals surface area contributed by atoms with Crippen molar-refractivity contribution in [2.24, 2.45) is 0 Å². The maximum Gasteiger partial charge on any atom is 0.219 e. The van der Waals surface area contributed by atoms with E-state index >= 15 is 0 Å². The van der Waals surface area contributed by atoms with E-state index in [2.05, 4.69) is 10.3 Å². The molecule has 27 heavy (non-hydrogen) atoms. The highest BCUT2D eigenvalue weighted by Gasteiger charge is 2.07. The fraction of sp³-hybridized carbons (Fsp3) is 0.143. The molecule has 0 aliphatic carbocycles. The zero-order chi connectivity index (χ0) is 19.1. The molecule has 0 saturated heterocycles. The van der Waals surface area contributed by atoms with Crippen molar-refractivity contribution in [3.63, 3.8) is 0 Å². The second-order valence-electron chi connectivity index (χ2n) is 5.64. The second kappa shape index (κ2) is 8.68. The Morgan fingerprint density at radius 2 is 1.93 bits per heavy atom. The first-order valence-electron chi connectivity index (χ1n) is 8.47. The molecule has 0 spiro atoms. The van der Waals surface area contributed by atoms with Crippen LogP contribution in [0.4, 0.5) is 10.1 Å². The molecule has 0 fully saturated rings. The highest BCUT2D eigenvalue weighted by atomic mass is 19.1. The van der Waals surface area contributed by atoms with Crippen LogP contribution >= 0.6 is 0 Å². The van der Waals surface area contributed by atoms with Crippen molar-refractivity contribution >= 4 is 5.69 Å². The molecule has 0 saturated carbocycles. The fourth-order valence-electron chi connectivity index (χ4n) is 2.46. The number of pyridine rings is 1. The molecule has 1 N–H and O–H groups in total. The lowest BCUT2D eigenvalue weighted by Crippen LogP contribution is -2.02. The van der Waals surface area contributed by atoms with E-state index in [1.54, 1.807) is 18.3 Å². The topological polar surface area (TPSA) is 67.2 Å². The van der Waals surface area contributed by atoms with Crippen molar-refractivity contribution in [3.8, 4) is 23.4 Å². The van der Waals surface area contributed by atoms with E-state index in [0.29, 0.717) is 36.2 Å². The molecule has 0 atom stereocenters. The van der Waals surface area contributed by atoms with Gasteiger partial charge in [0.15, 0.2) is 11.5 Å². The smallest absolute Gasteiger partial charge is 0.219 e. The summed E-state index contributed by atoms with van der Waals surface area (Å²) < 4.78 is 24.5. The minimum atomic E-state index is -0.437. The molecule has 0 radical (unpaired) electrons. The number of halogens is 1. The van der Waals surface area contributed by atoms with Gasteiger partial charge in [-0.2, -0.15) is 5.26 Å². The number of benzene rings is 2. The third-order valence-electron chi connectivity index (χ3n) is 3.75. The van der Waals surface area contributed by atoms with Crippen molar-refractivity contribution in [2.75, 3.05) is 11.9 Å². The molecule has 1 aromatic heterocycles. The van der Waals surface area contributed by atoms with Gasteiger partial charge in [0, 0.05) is 18.8 Å². The number of para-hydroxylation sites is 2. The van der Waals surface area contributed by atoms with Crippen LogP contribution < -0.4 is 14.8 Å². The number of hydrogen-bond donors (Lipinski definition) is 1. The van der Waals surface area contributed by atoms with E-state index in [4.69, 9.17) is 14.7 Å². The summed E-state index contributed by atoms with van der Waals surface area (Å²) in [5, 5.41) is 12.2. The van der Waals surface area contributed by atoms with Gasteiger partial charge in [0.25, 0.3) is 0 Å². The van der Waals surface area contributed by atoms with Crippen LogP contribution in [0.5, 0.6) is 17.4 Å². The first-order valence-corrected chi connectivity index (χ1v) is 8.47. The monoisotopic (exact) mass is 363 g/mol. The SMILES string of the molecule is CCOc1ccccc1Oc1ccc(CNc2ccc(F)cc2C#N)cn1. The average Bonchev–Trinajstić information content (AvgIpc) is 2.69. The zero-order valence-corrected chi connectivity index (χ0v) is 14.8. The van der Waals surface area contributed by atoms with Crippen LogP contribution in [0.25, 0.3) is 0 Å². The third kappa shape index (κ3) is 4.73. The number of nitrogens with zero attached hydrogens (tertiary/aromatic N) is 2. The normalized spacial score (nSPS) is 10.1. The Morgan fingerprint density at radius 3 is 2.63 bits per heavy atom. The Kier molecular flexibility index (Phi) is 5.85. The summed E-state index contributed by atoms with van der Waals surface area (Å²) in [7, 11) is 0. The van der Waals surface area contributed by atoms with Crippen LogP contribution in [0.3, 0.4) is 0 Å². The lowest BCUT2D eigenvalue weighted by atomic mass is 10.2. The van der Waals surface area contributed by atoms with Gasteiger partial charge in [0.1, 0.15) is 11.9 Å². The Labute approximate surface area is 157 Å². The molecule has 3 rings (SSSR count). The van der Waals surface area contributed by atoms with Crippen molar-refractivity contribution < 1.29 is 13.9 Å². The second-order valence-corrected chi connectivity index (χ2v) is 5.64. The summed E-state index contributed by atoms with van der Waals surface area (Å²) >= 11 is 0. The largest absolute Gasteiger partial charge is 0.490 e. The van der Waals surface area contributed by atoms with Gasteiger partial charge in [0.05, 0.1) is 17.9 Å². The number of ether oxygens (including phenoxy) is 2. The summed E-state index contributed by atoms with van der Waals surface area (Å²) in [5.74, 6) is 1.27. The highest BCUT2D eigenvalue weighted by molar-refractivity contribution is 5.57. The highest BCUT2D eigenvalue weighted by Crippen LogP contribution is 2.30. The average molecular weight is 363 g/mol. The summed E-state index contributed by atoms with van der Waals surface area (Å²) in [6, 6.07) is 17.1. The summed E-state index contributed by atoms with van der Waals surface area (Å²) in [6.45, 7) is 2.91. The maximum atomic E-state index is 13.2. The van der Waals surface area contributed by atoms with Crippen LogP contribution in [-0.2, 0) is 6.54 Å². The van der Waals surface area contributed by atoms with Crippen molar-refractivity contribution in [1.29, 1.82) is 5.26 Å². The molecule has 3 aromatic rings. The lowest BCUT2D eigenvalue weighted by Gasteiger charge is -2.11. The van der Waals surface area contributed by atoms with Gasteiger partial charge in [-0.15, -0.1) is 0 Å². The standard InChI is InChI=1S/C21H18FN3O2/c1-2-26-19-5-3-4-6-20(19)27-21-10-7-15(14-25-21)13-24-18-9-8-17(22)11-16(18)12-23/h3-11,14,24H,2,13H2,1H3. The van der Waals surface area contributed by atoms with Gasteiger partial charge in [-0.05, 0) is 42.8 Å². The van der Waals surface area contributed by atoms with E-state index in [1.807, 2.05) is 43.3 Å². The first kappa shape index (κ1) is 18.2. The molecule has 0 bridgehead atoms. The van der Waals surface area contributed by atoms with Crippen LogP contribution in [-0.4, -0.2) is 11.6 Å². The Morgan fingerprint density at radius 1 is 1.11 bits per heavy atom. The number of rotatable bonds is 7. The third-order valence-corrected chi connectivity index (χ3v) is 3.75. The molecule has 2 aromatic carbocycles. The van der Waals surface area contributed by atoms with E-state index in [1.165, 1.54) is 12.1 Å². The minimum absolute atomic E-state index is 0.260. The lowest BCUT2D eigenvalue weighted by molar-refractivity contribution is 0.319. The molecule has 6 heteroatoms. The molecule has 0 unspecified atom stereocenters. The molecule has 0 amide bonds. The Bertz CT molecular complexity index is 952. The van der Waals surface area contributed by atoms with Gasteiger partial charge in [-0.1, -0.05) is 18.2 Å². The van der Waals surface area contributed by atoms with Crippen molar-refractivity contribution in [2.45, 2.75) is 13.5 Å². The number of hydrogen-bond acceptors (Lipinski definition) is 5. The van der Waals surface area contributed by atoms with Crippen LogP contribution in [0.2, 0.25) is 0 Å². The number of nitriles is 1. The van der Waals surface area contributed by atoms with E-state index in [0.717, 1.165) is 5.56 Å². The van der Waals surface area contributed by atoms with Gasteiger partial charge in [-0.25, -0.2) is 9.37 Å². The maximum absolute atomic E-state index is 13.2. The molecule has 136 valence electrons. The summed E-state index contributed by atoms with van der Waals surface area (Å²) in [4.78, 5) is 4.30. The molecule has 1 heterocycles. The van der Waals surface area contributed by atoms with Crippen molar-refractivity contribution in [1.82, 2.24) is 4.98 Å². The Balaban J connectivity index is 1.65. The predicted octanol–water partition coefficient (Wildman–Crippen LogP) is 4.90. The molecular formula is C21H18FN3O2. The van der Waals surface area contributed by atoms with Crippen molar-refractivity contribution in [3.05, 3.63) is 77.7 Å². The van der Waals surface area contributed by atoms with Crippen LogP contribution in [0.15, 0.2) is 60.8 Å². The quantitative estimate of drug-likeness (QED) is 0.647. The van der Waals surface area contributed by atoms with Crippen LogP contribution in [0, 0.1) is 17.1 Å². The molecular weight excluding hydrogens is 345 g/mol. The number of nitrogens with one attached hydrogen (secondary N) is 1. The summed E-state index contributed by atoms with van der Waals surface area (Å²) in [6.07, 6.45) is 1.68. The fourth-order valence-corrected chi connectivity index (χ4v) is 2.46. The van der Waals surface area contributed by atoms with E-state index in [9.17, 15) is 4.39 Å². The summed E-state index contributed by atoms with van der Waals surface area (Å²) in [5.41, 5.74) is 1.73. The van der Waals surface area contributed by atoms with Gasteiger partial charge in [0.2, 0.25) is 5.88 Å². The van der Waals surface area contributed by atoms with Gasteiger partial charge >= 0.3 is 0 Å². The molecule has 0 aliphatic rings. The zero-order valence-electron chi connectivity index (χ0n) is 14.8. The number of aromatic nitrogens is 1. The minimum Gasteiger partial charge on any atom is -0.490 e. The van der Waals surface area contributed by atoms with Gasteiger partial charge < -0.3 is 14.8 Å². The van der Waals surface area contributed by atoms with Gasteiger partial charge in [-0.3, -0.25) is 0 Å². The Hall–Kier alpha value is -3.59.